The Balaban J connectivity index is 0.00000131. The first-order valence-electron chi connectivity index (χ1n) is 8.59. The summed E-state index contributed by atoms with van der Waals surface area (Å²) in [6, 6.07) is 7.50. The summed E-state index contributed by atoms with van der Waals surface area (Å²) in [5.41, 5.74) is 1.18. The van der Waals surface area contributed by atoms with E-state index >= 15 is 0 Å². The highest BCUT2D eigenvalue weighted by molar-refractivity contribution is 5.92. The van der Waals surface area contributed by atoms with E-state index in [0.717, 1.165) is 31.6 Å². The Morgan fingerprint density at radius 1 is 1.26 bits per heavy atom. The van der Waals surface area contributed by atoms with Crippen molar-refractivity contribution in [2.24, 2.45) is 0 Å². The lowest BCUT2D eigenvalue weighted by Crippen LogP contribution is -2.32. The number of hydrogen-bond acceptors (Lipinski definition) is 5. The Morgan fingerprint density at radius 2 is 2.11 bits per heavy atom. The predicted octanol–water partition coefficient (Wildman–Crippen LogP) is 2.18. The Kier molecular flexibility index (Phi) is 7.18. The first kappa shape index (κ1) is 21.1. The van der Waals surface area contributed by atoms with Gasteiger partial charge < -0.3 is 10.6 Å². The van der Waals surface area contributed by atoms with Crippen molar-refractivity contribution in [1.29, 1.82) is 0 Å². The molecule has 4 heterocycles. The van der Waals surface area contributed by atoms with E-state index in [1.807, 2.05) is 46.6 Å². The van der Waals surface area contributed by atoms with Gasteiger partial charge in [-0.15, -0.1) is 35.0 Å². The fourth-order valence-electron chi connectivity index (χ4n) is 3.21. The first-order chi connectivity index (χ1) is 12.2. The van der Waals surface area contributed by atoms with Gasteiger partial charge in [-0.1, -0.05) is 6.07 Å². The Hall–Kier alpha value is -2.16. The molecule has 0 saturated carbocycles. The quantitative estimate of drug-likeness (QED) is 0.686. The van der Waals surface area contributed by atoms with Crippen molar-refractivity contribution < 1.29 is 4.79 Å². The van der Waals surface area contributed by atoms with Gasteiger partial charge in [0.05, 0.1) is 12.1 Å². The minimum Gasteiger partial charge on any atom is -0.341 e. The Morgan fingerprint density at radius 3 is 2.89 bits per heavy atom. The topological polar surface area (TPSA) is 89.1 Å². The highest BCUT2D eigenvalue weighted by Gasteiger charge is 2.20. The van der Waals surface area contributed by atoms with Crippen molar-refractivity contribution in [2.75, 3.05) is 13.1 Å². The van der Waals surface area contributed by atoms with Gasteiger partial charge in [0.25, 0.3) is 5.91 Å². The maximum Gasteiger partial charge on any atom is 0.272 e. The molecule has 1 fully saturated rings. The number of nitrogens with one attached hydrogen (secondary N) is 2. The molecule has 0 bridgehead atoms. The maximum atomic E-state index is 12.5. The van der Waals surface area contributed by atoms with Crippen LogP contribution in [-0.4, -0.2) is 43.4 Å². The summed E-state index contributed by atoms with van der Waals surface area (Å²) in [6.45, 7) is 3.84. The summed E-state index contributed by atoms with van der Waals surface area (Å²) in [5, 5.41) is 19.1. The molecule has 4 rings (SSSR count). The van der Waals surface area contributed by atoms with Gasteiger partial charge in [-0.25, -0.2) is 0 Å². The normalized spacial score (nSPS) is 17.6. The van der Waals surface area contributed by atoms with E-state index in [-0.39, 0.29) is 36.8 Å². The molecule has 1 aliphatic rings. The number of carbonyl (C=O) groups is 1. The van der Waals surface area contributed by atoms with Crippen LogP contribution in [0.1, 0.15) is 48.2 Å². The number of aromatic nitrogens is 5. The molecule has 1 amide bonds. The van der Waals surface area contributed by atoms with Crippen molar-refractivity contribution in [3.8, 4) is 0 Å². The van der Waals surface area contributed by atoms with Gasteiger partial charge in [-0.3, -0.25) is 13.9 Å². The zero-order chi connectivity index (χ0) is 17.2. The predicted molar refractivity (Wildman–Crippen MR) is 107 cm³/mol. The molecule has 1 aliphatic heterocycles. The Labute approximate surface area is 169 Å². The van der Waals surface area contributed by atoms with Crippen LogP contribution in [0.2, 0.25) is 0 Å². The van der Waals surface area contributed by atoms with Crippen molar-refractivity contribution in [1.82, 2.24) is 35.0 Å². The summed E-state index contributed by atoms with van der Waals surface area (Å²) in [5.74, 6) is 0.488. The van der Waals surface area contributed by atoms with Crippen LogP contribution in [0, 0.1) is 0 Å². The molecule has 3 aromatic rings. The third kappa shape index (κ3) is 4.40. The van der Waals surface area contributed by atoms with E-state index in [4.69, 9.17) is 0 Å². The molecule has 2 unspecified atom stereocenters. The van der Waals surface area contributed by atoms with Gasteiger partial charge >= 0.3 is 0 Å². The van der Waals surface area contributed by atoms with E-state index in [2.05, 4.69) is 25.9 Å². The number of hydrogen-bond donors (Lipinski definition) is 2. The largest absolute Gasteiger partial charge is 0.341 e. The number of carbonyl (C=O) groups excluding carboxylic acids is 1. The molecule has 2 N–H and O–H groups in total. The van der Waals surface area contributed by atoms with E-state index < -0.39 is 0 Å². The lowest BCUT2D eigenvalue weighted by atomic mass is 10.1. The number of rotatable bonds is 4. The molecule has 0 spiro atoms. The van der Waals surface area contributed by atoms with Crippen molar-refractivity contribution in [2.45, 2.75) is 31.8 Å². The molecule has 0 aromatic carbocycles. The highest BCUT2D eigenvalue weighted by Crippen LogP contribution is 2.16. The second-order valence-corrected chi connectivity index (χ2v) is 6.36. The van der Waals surface area contributed by atoms with Crippen LogP contribution in [0.4, 0.5) is 0 Å². The summed E-state index contributed by atoms with van der Waals surface area (Å²) in [4.78, 5) is 12.5. The van der Waals surface area contributed by atoms with Crippen LogP contribution < -0.4 is 10.6 Å². The van der Waals surface area contributed by atoms with Gasteiger partial charge in [-0.05, 0) is 44.5 Å². The molecule has 27 heavy (non-hydrogen) atoms. The minimum absolute atomic E-state index is 0. The van der Waals surface area contributed by atoms with Crippen molar-refractivity contribution in [3.63, 3.8) is 0 Å². The highest BCUT2D eigenvalue weighted by atomic mass is 35.5. The number of piperidine rings is 1. The average molecular weight is 412 g/mol. The average Bonchev–Trinajstić information content (AvgIpc) is 3.30. The van der Waals surface area contributed by atoms with Crippen LogP contribution >= 0.6 is 24.8 Å². The van der Waals surface area contributed by atoms with Gasteiger partial charge in [-0.2, -0.15) is 5.10 Å². The first-order valence-corrected chi connectivity index (χ1v) is 8.59. The lowest BCUT2D eigenvalue weighted by Gasteiger charge is -2.22. The number of amides is 1. The van der Waals surface area contributed by atoms with E-state index in [1.165, 1.54) is 0 Å². The van der Waals surface area contributed by atoms with E-state index in [0.29, 0.717) is 17.6 Å². The van der Waals surface area contributed by atoms with E-state index in [1.54, 1.807) is 6.07 Å². The van der Waals surface area contributed by atoms with Crippen molar-refractivity contribution in [3.05, 3.63) is 48.2 Å². The smallest absolute Gasteiger partial charge is 0.272 e. The molecule has 10 heteroatoms. The molecule has 2 atom stereocenters. The SMILES string of the molecule is CC(NC(=O)c1ccn(C2CCCNC2)n1)c1nnc2ccccn12.Cl.Cl. The third-order valence-corrected chi connectivity index (χ3v) is 4.56. The van der Waals surface area contributed by atoms with Crippen LogP contribution in [0.25, 0.3) is 5.65 Å². The lowest BCUT2D eigenvalue weighted by molar-refractivity contribution is 0.0931. The number of fused-ring (bicyclic) bond motifs is 1. The number of halogens is 2. The molecule has 1 saturated heterocycles. The zero-order valence-electron chi connectivity index (χ0n) is 14.9. The Bertz CT molecular complexity index is 888. The summed E-state index contributed by atoms with van der Waals surface area (Å²) < 4.78 is 3.76. The van der Waals surface area contributed by atoms with Gasteiger partial charge in [0.2, 0.25) is 0 Å². The second kappa shape index (κ2) is 9.16. The number of pyridine rings is 1. The van der Waals surface area contributed by atoms with Gasteiger partial charge in [0.15, 0.2) is 11.5 Å². The van der Waals surface area contributed by atoms with E-state index in [9.17, 15) is 4.79 Å². The number of nitrogens with zero attached hydrogens (tertiary/aromatic N) is 5. The van der Waals surface area contributed by atoms with Gasteiger partial charge in [0.1, 0.15) is 5.69 Å². The fraction of sp³-hybridized carbons (Fsp3) is 0.412. The van der Waals surface area contributed by atoms with Crippen LogP contribution in [0.15, 0.2) is 36.7 Å². The zero-order valence-corrected chi connectivity index (χ0v) is 16.5. The fourth-order valence-corrected chi connectivity index (χ4v) is 3.21. The van der Waals surface area contributed by atoms with Crippen LogP contribution in [-0.2, 0) is 0 Å². The standard InChI is InChI=1S/C17H21N7O.2ClH/c1-12(16-21-20-15-6-2-3-9-23(15)16)19-17(25)14-7-10-24(22-14)13-5-4-8-18-11-13;;/h2-3,6-7,9-10,12-13,18H,4-5,8,11H2,1H3,(H,19,25);2*1H. The minimum atomic E-state index is -0.272. The maximum absolute atomic E-state index is 12.5. The molecule has 146 valence electrons. The van der Waals surface area contributed by atoms with Crippen LogP contribution in [0.5, 0.6) is 0 Å². The van der Waals surface area contributed by atoms with Crippen LogP contribution in [0.3, 0.4) is 0 Å². The molecule has 8 nitrogen and oxygen atoms in total. The molecule has 0 radical (unpaired) electrons. The van der Waals surface area contributed by atoms with Crippen molar-refractivity contribution >= 4 is 36.4 Å². The molecule has 0 aliphatic carbocycles. The molecule has 3 aromatic heterocycles. The third-order valence-electron chi connectivity index (χ3n) is 4.56. The summed E-state index contributed by atoms with van der Waals surface area (Å²) >= 11 is 0. The second-order valence-electron chi connectivity index (χ2n) is 6.36. The summed E-state index contributed by atoms with van der Waals surface area (Å²) in [7, 11) is 0. The molecular weight excluding hydrogens is 389 g/mol. The van der Waals surface area contributed by atoms with Gasteiger partial charge in [0, 0.05) is 18.9 Å². The monoisotopic (exact) mass is 411 g/mol. The molecular formula is C17H23Cl2N7O. The summed E-state index contributed by atoms with van der Waals surface area (Å²) in [6.07, 6.45) is 5.97.